The molecule has 3 aromatic rings. The van der Waals surface area contributed by atoms with Crippen LogP contribution in [0.2, 0.25) is 5.02 Å². The zero-order chi connectivity index (χ0) is 21.3. The Morgan fingerprint density at radius 3 is 2.17 bits per heavy atom. The molecular weight excluding hydrogens is 403 g/mol. The number of carbonyl (C=O) groups excluding carboxylic acids is 1. The van der Waals surface area contributed by atoms with E-state index < -0.39 is 11.7 Å². The van der Waals surface area contributed by atoms with Gasteiger partial charge in [0.15, 0.2) is 0 Å². The maximum Gasteiger partial charge on any atom is 0.416 e. The Labute approximate surface area is 171 Å². The van der Waals surface area contributed by atoms with Crippen LogP contribution in [-0.4, -0.2) is 22.9 Å². The molecule has 0 saturated carbocycles. The third-order valence-corrected chi connectivity index (χ3v) is 4.68. The summed E-state index contributed by atoms with van der Waals surface area (Å²) in [6, 6.07) is 8.07. The molecule has 1 amide bonds. The van der Waals surface area contributed by atoms with Gasteiger partial charge >= 0.3 is 6.18 Å². The van der Waals surface area contributed by atoms with Gasteiger partial charge in [0.2, 0.25) is 0 Å². The molecule has 0 bridgehead atoms. The van der Waals surface area contributed by atoms with E-state index in [9.17, 15) is 18.0 Å². The second kappa shape index (κ2) is 7.83. The van der Waals surface area contributed by atoms with Crippen LogP contribution in [0.15, 0.2) is 48.8 Å². The number of hydrogen-bond donors (Lipinski definition) is 0. The highest BCUT2D eigenvalue weighted by Crippen LogP contribution is 2.31. The van der Waals surface area contributed by atoms with Crippen LogP contribution in [0.3, 0.4) is 0 Å². The summed E-state index contributed by atoms with van der Waals surface area (Å²) < 4.78 is 38.2. The van der Waals surface area contributed by atoms with Gasteiger partial charge in [-0.3, -0.25) is 9.78 Å². The molecule has 0 unspecified atom stereocenters. The van der Waals surface area contributed by atoms with E-state index in [1.54, 1.807) is 19.2 Å². The molecular formula is C21H17ClF3N3O. The van der Waals surface area contributed by atoms with Gasteiger partial charge in [0.25, 0.3) is 5.91 Å². The molecule has 1 heterocycles. The Morgan fingerprint density at radius 1 is 1.03 bits per heavy atom. The zero-order valence-corrected chi connectivity index (χ0v) is 16.6. The van der Waals surface area contributed by atoms with E-state index in [1.165, 1.54) is 29.4 Å². The van der Waals surface area contributed by atoms with Crippen LogP contribution in [0.5, 0.6) is 0 Å². The molecule has 0 spiro atoms. The van der Waals surface area contributed by atoms with Gasteiger partial charge in [0.05, 0.1) is 23.7 Å². The van der Waals surface area contributed by atoms with Crippen molar-refractivity contribution >= 4 is 23.2 Å². The summed E-state index contributed by atoms with van der Waals surface area (Å²) in [7, 11) is 1.62. The smallest absolute Gasteiger partial charge is 0.310 e. The monoisotopic (exact) mass is 419 g/mol. The van der Waals surface area contributed by atoms with Crippen LogP contribution in [0.1, 0.15) is 27.2 Å². The van der Waals surface area contributed by atoms with Gasteiger partial charge in [-0.25, -0.2) is 4.98 Å². The molecule has 4 nitrogen and oxygen atoms in total. The summed E-state index contributed by atoms with van der Waals surface area (Å²) in [6.07, 6.45) is -1.69. The van der Waals surface area contributed by atoms with Crippen molar-refractivity contribution < 1.29 is 18.0 Å². The quantitative estimate of drug-likeness (QED) is 0.546. The van der Waals surface area contributed by atoms with E-state index in [1.807, 2.05) is 13.8 Å². The number of alkyl halides is 3. The predicted molar refractivity (Wildman–Crippen MR) is 106 cm³/mol. The Kier molecular flexibility index (Phi) is 5.61. The molecule has 1 aromatic heterocycles. The van der Waals surface area contributed by atoms with Gasteiger partial charge in [-0.05, 0) is 49.2 Å². The highest BCUT2D eigenvalue weighted by atomic mass is 35.5. The van der Waals surface area contributed by atoms with E-state index in [4.69, 9.17) is 11.6 Å². The molecule has 2 aromatic carbocycles. The van der Waals surface area contributed by atoms with E-state index in [-0.39, 0.29) is 11.6 Å². The van der Waals surface area contributed by atoms with Gasteiger partial charge < -0.3 is 4.90 Å². The van der Waals surface area contributed by atoms with Crippen molar-refractivity contribution in [1.82, 2.24) is 9.97 Å². The normalized spacial score (nSPS) is 11.4. The lowest BCUT2D eigenvalue weighted by atomic mass is 10.1. The van der Waals surface area contributed by atoms with Gasteiger partial charge in [-0.2, -0.15) is 13.2 Å². The number of benzene rings is 2. The average molecular weight is 420 g/mol. The van der Waals surface area contributed by atoms with Crippen LogP contribution < -0.4 is 4.90 Å². The SMILES string of the molecule is Cc1cc(Cl)cc(C)c1N(C)C(=O)c1cncc(-c2ccc(C(F)(F)F)cc2)n1. The van der Waals surface area contributed by atoms with E-state index in [0.717, 1.165) is 23.3 Å². The number of nitrogens with zero attached hydrogens (tertiary/aromatic N) is 3. The first-order valence-corrected chi connectivity index (χ1v) is 9.00. The molecule has 0 aliphatic heterocycles. The van der Waals surface area contributed by atoms with Crippen molar-refractivity contribution in [2.24, 2.45) is 0 Å². The Morgan fingerprint density at radius 2 is 1.62 bits per heavy atom. The molecule has 0 aliphatic carbocycles. The number of halogens is 4. The minimum Gasteiger partial charge on any atom is -0.310 e. The van der Waals surface area contributed by atoms with Crippen molar-refractivity contribution in [3.05, 3.63) is 76.2 Å². The lowest BCUT2D eigenvalue weighted by molar-refractivity contribution is -0.137. The highest BCUT2D eigenvalue weighted by molar-refractivity contribution is 6.30. The molecule has 29 heavy (non-hydrogen) atoms. The maximum atomic E-state index is 12.9. The fraction of sp³-hybridized carbons (Fsp3) is 0.190. The van der Waals surface area contributed by atoms with E-state index in [2.05, 4.69) is 9.97 Å². The molecule has 0 saturated heterocycles. The van der Waals surface area contributed by atoms with Crippen LogP contribution >= 0.6 is 11.6 Å². The number of hydrogen-bond acceptors (Lipinski definition) is 3. The summed E-state index contributed by atoms with van der Waals surface area (Å²) in [5, 5.41) is 0.577. The van der Waals surface area contributed by atoms with Crippen LogP contribution in [0.25, 0.3) is 11.3 Å². The average Bonchev–Trinajstić information content (AvgIpc) is 2.66. The molecule has 0 N–H and O–H groups in total. The van der Waals surface area contributed by atoms with Crippen molar-refractivity contribution in [1.29, 1.82) is 0 Å². The van der Waals surface area contributed by atoms with Crippen LogP contribution in [0, 0.1) is 13.8 Å². The Balaban J connectivity index is 1.92. The molecule has 0 fully saturated rings. The topological polar surface area (TPSA) is 46.1 Å². The summed E-state index contributed by atoms with van der Waals surface area (Å²) in [5.41, 5.74) is 2.44. The molecule has 8 heteroatoms. The summed E-state index contributed by atoms with van der Waals surface area (Å²) in [4.78, 5) is 22.7. The van der Waals surface area contributed by atoms with Crippen LogP contribution in [0.4, 0.5) is 18.9 Å². The van der Waals surface area contributed by atoms with Crippen LogP contribution in [-0.2, 0) is 6.18 Å². The number of rotatable bonds is 3. The minimum absolute atomic E-state index is 0.0821. The largest absolute Gasteiger partial charge is 0.416 e. The third-order valence-electron chi connectivity index (χ3n) is 4.46. The fourth-order valence-corrected chi connectivity index (χ4v) is 3.47. The molecule has 0 atom stereocenters. The standard InChI is InChI=1S/C21H17ClF3N3O/c1-12-8-16(22)9-13(2)19(12)28(3)20(29)18-11-26-10-17(27-18)14-4-6-15(7-5-14)21(23,24)25/h4-11H,1-3H3. The Hall–Kier alpha value is -2.93. The van der Waals surface area contributed by atoms with Crippen molar-refractivity contribution in [3.8, 4) is 11.3 Å². The first-order valence-electron chi connectivity index (χ1n) is 8.62. The predicted octanol–water partition coefficient (Wildman–Crippen LogP) is 5.71. The second-order valence-electron chi connectivity index (χ2n) is 6.62. The van der Waals surface area contributed by atoms with Crippen molar-refractivity contribution in [2.45, 2.75) is 20.0 Å². The second-order valence-corrected chi connectivity index (χ2v) is 7.05. The molecule has 0 radical (unpaired) electrons. The first kappa shape index (κ1) is 20.8. The Bertz CT molecular complexity index is 1040. The number of carbonyl (C=O) groups is 1. The minimum atomic E-state index is -4.42. The molecule has 3 rings (SSSR count). The maximum absolute atomic E-state index is 12.9. The summed E-state index contributed by atoms with van der Waals surface area (Å²) >= 11 is 6.06. The van der Waals surface area contributed by atoms with Gasteiger partial charge in [0, 0.05) is 23.3 Å². The van der Waals surface area contributed by atoms with Crippen molar-refractivity contribution in [3.63, 3.8) is 0 Å². The number of aromatic nitrogens is 2. The van der Waals surface area contributed by atoms with Crippen molar-refractivity contribution in [2.75, 3.05) is 11.9 Å². The molecule has 0 aliphatic rings. The van der Waals surface area contributed by atoms with Gasteiger partial charge in [-0.1, -0.05) is 23.7 Å². The lowest BCUT2D eigenvalue weighted by Crippen LogP contribution is -2.28. The summed E-state index contributed by atoms with van der Waals surface area (Å²) in [5.74, 6) is -0.389. The number of amides is 1. The lowest BCUT2D eigenvalue weighted by Gasteiger charge is -2.22. The number of aryl methyl sites for hydroxylation is 2. The highest BCUT2D eigenvalue weighted by Gasteiger charge is 2.30. The van der Waals surface area contributed by atoms with E-state index in [0.29, 0.717) is 22.0 Å². The fourth-order valence-electron chi connectivity index (χ4n) is 3.14. The summed E-state index contributed by atoms with van der Waals surface area (Å²) in [6.45, 7) is 3.70. The zero-order valence-electron chi connectivity index (χ0n) is 15.9. The van der Waals surface area contributed by atoms with E-state index >= 15 is 0 Å². The molecule has 150 valence electrons. The third kappa shape index (κ3) is 4.40. The van der Waals surface area contributed by atoms with Gasteiger partial charge in [-0.15, -0.1) is 0 Å². The number of anilines is 1. The van der Waals surface area contributed by atoms with Gasteiger partial charge in [0.1, 0.15) is 5.69 Å². The first-order chi connectivity index (χ1) is 13.6.